The summed E-state index contributed by atoms with van der Waals surface area (Å²) in [6, 6.07) is 0. The van der Waals surface area contributed by atoms with Crippen molar-refractivity contribution in [2.45, 2.75) is 168 Å². The van der Waals surface area contributed by atoms with Crippen LogP contribution in [-0.4, -0.2) is 47.9 Å². The number of allylic oxidation sites excluding steroid dienone is 2. The molecule has 0 spiro atoms. The number of rotatable bonds is 21. The Morgan fingerprint density at radius 3 is 2.07 bits per heavy atom. The lowest BCUT2D eigenvalue weighted by atomic mass is 9.84. The molecule has 0 amide bonds. The average Bonchev–Trinajstić information content (AvgIpc) is 3.27. The highest BCUT2D eigenvalue weighted by molar-refractivity contribution is 5.91. The molecule has 45 heavy (non-hydrogen) atoms. The molecule has 7 nitrogen and oxygen atoms in total. The van der Waals surface area contributed by atoms with Crippen molar-refractivity contribution in [3.63, 3.8) is 0 Å². The van der Waals surface area contributed by atoms with Crippen molar-refractivity contribution in [1.82, 2.24) is 0 Å². The first-order chi connectivity index (χ1) is 21.6. The first kappa shape index (κ1) is 38.8. The molecule has 0 bridgehead atoms. The zero-order chi connectivity index (χ0) is 33.0. The van der Waals surface area contributed by atoms with Crippen molar-refractivity contribution < 1.29 is 33.7 Å². The Labute approximate surface area is 273 Å². The van der Waals surface area contributed by atoms with Crippen molar-refractivity contribution in [1.29, 1.82) is 0 Å². The third kappa shape index (κ3) is 15.2. The average molecular weight is 631 g/mol. The molecular formula is C38H62O7. The van der Waals surface area contributed by atoms with Gasteiger partial charge in [0.25, 0.3) is 0 Å². The van der Waals surface area contributed by atoms with Crippen LogP contribution in [0.15, 0.2) is 35.5 Å². The lowest BCUT2D eigenvalue weighted by Crippen LogP contribution is -2.42. The fraction of sp³-hybridized carbons (Fsp3) is 0.763. The summed E-state index contributed by atoms with van der Waals surface area (Å²) in [6.07, 6.45) is 22.1. The lowest BCUT2D eigenvalue weighted by Gasteiger charge is -2.31. The molecule has 5 atom stereocenters. The Bertz CT molecular complexity index is 981. The fourth-order valence-corrected chi connectivity index (χ4v) is 6.23. The standard InChI is InChI=1S/C38H62O7/c1-6-7-8-9-10-11-12-13-14-15-16-17-18-19-20-24-33(39)43-27-29(3)26-34(40)45-37-35-31(5)38(42)44-32(35)25-28(2)22-21-23-30(4)36(37)41/h23,25,29,32,35-37,41H,5-22,24,26-27H2,1-4H3. The summed E-state index contributed by atoms with van der Waals surface area (Å²) in [5, 5.41) is 11.1. The van der Waals surface area contributed by atoms with Crippen LogP contribution in [0.5, 0.6) is 0 Å². The molecule has 256 valence electrons. The smallest absolute Gasteiger partial charge is 0.334 e. The third-order valence-electron chi connectivity index (χ3n) is 9.14. The van der Waals surface area contributed by atoms with Gasteiger partial charge in [-0.3, -0.25) is 9.59 Å². The number of carbonyl (C=O) groups excluding carboxylic acids is 3. The van der Waals surface area contributed by atoms with Gasteiger partial charge in [0.05, 0.1) is 18.9 Å². The second-order valence-corrected chi connectivity index (χ2v) is 13.5. The van der Waals surface area contributed by atoms with Crippen LogP contribution in [0.3, 0.4) is 0 Å². The first-order valence-corrected chi connectivity index (χ1v) is 17.9. The molecule has 1 saturated heterocycles. The van der Waals surface area contributed by atoms with E-state index in [1.54, 1.807) is 6.92 Å². The zero-order valence-electron chi connectivity index (χ0n) is 28.8. The number of aliphatic hydroxyl groups is 1. The van der Waals surface area contributed by atoms with E-state index < -0.39 is 36.2 Å². The van der Waals surface area contributed by atoms with Crippen LogP contribution in [0, 0.1) is 11.8 Å². The Morgan fingerprint density at radius 1 is 0.933 bits per heavy atom. The number of hydrogen-bond donors (Lipinski definition) is 1. The maximum Gasteiger partial charge on any atom is 0.334 e. The van der Waals surface area contributed by atoms with Crippen LogP contribution in [0.2, 0.25) is 0 Å². The number of ether oxygens (including phenoxy) is 3. The summed E-state index contributed by atoms with van der Waals surface area (Å²) in [4.78, 5) is 37.6. The Morgan fingerprint density at radius 2 is 1.49 bits per heavy atom. The molecule has 0 saturated carbocycles. The predicted molar refractivity (Wildman–Crippen MR) is 179 cm³/mol. The Balaban J connectivity index is 1.63. The summed E-state index contributed by atoms with van der Waals surface area (Å²) < 4.78 is 16.8. The minimum absolute atomic E-state index is 0.0196. The quantitative estimate of drug-likeness (QED) is 0.0445. The van der Waals surface area contributed by atoms with E-state index in [2.05, 4.69) is 13.5 Å². The summed E-state index contributed by atoms with van der Waals surface area (Å²) in [7, 11) is 0. The molecule has 1 aliphatic heterocycles. The van der Waals surface area contributed by atoms with E-state index in [-0.39, 0.29) is 30.5 Å². The maximum absolute atomic E-state index is 13.0. The molecule has 0 aromatic rings. The highest BCUT2D eigenvalue weighted by Gasteiger charge is 2.47. The second-order valence-electron chi connectivity index (χ2n) is 13.5. The number of unbranched alkanes of at least 4 members (excludes halogenated alkanes) is 14. The first-order valence-electron chi connectivity index (χ1n) is 17.9. The largest absolute Gasteiger partial charge is 0.465 e. The van der Waals surface area contributed by atoms with Crippen molar-refractivity contribution in [2.75, 3.05) is 6.61 Å². The van der Waals surface area contributed by atoms with Crippen LogP contribution in [0.1, 0.15) is 150 Å². The van der Waals surface area contributed by atoms with E-state index >= 15 is 0 Å². The molecule has 1 N–H and O–H groups in total. The minimum atomic E-state index is -1.09. The van der Waals surface area contributed by atoms with E-state index in [9.17, 15) is 19.5 Å². The molecule has 7 heteroatoms. The van der Waals surface area contributed by atoms with Crippen molar-refractivity contribution in [3.8, 4) is 0 Å². The van der Waals surface area contributed by atoms with E-state index in [0.29, 0.717) is 12.0 Å². The number of esters is 3. The van der Waals surface area contributed by atoms with Gasteiger partial charge in [-0.2, -0.15) is 0 Å². The van der Waals surface area contributed by atoms with E-state index in [1.807, 2.05) is 26.0 Å². The fourth-order valence-electron chi connectivity index (χ4n) is 6.23. The van der Waals surface area contributed by atoms with Gasteiger partial charge in [0.1, 0.15) is 18.3 Å². The summed E-state index contributed by atoms with van der Waals surface area (Å²) in [5.74, 6) is -2.25. The molecule has 1 heterocycles. The van der Waals surface area contributed by atoms with Gasteiger partial charge in [-0.1, -0.05) is 122 Å². The van der Waals surface area contributed by atoms with Gasteiger partial charge in [-0.05, 0) is 44.8 Å². The van der Waals surface area contributed by atoms with Crippen molar-refractivity contribution >= 4 is 17.9 Å². The van der Waals surface area contributed by atoms with Crippen molar-refractivity contribution in [2.24, 2.45) is 11.8 Å². The van der Waals surface area contributed by atoms with Gasteiger partial charge in [-0.15, -0.1) is 0 Å². The number of fused-ring (bicyclic) bond motifs is 1. The third-order valence-corrected chi connectivity index (χ3v) is 9.14. The zero-order valence-corrected chi connectivity index (χ0v) is 28.8. The normalized spacial score (nSPS) is 22.6. The molecule has 2 rings (SSSR count). The van der Waals surface area contributed by atoms with Crippen LogP contribution < -0.4 is 0 Å². The summed E-state index contributed by atoms with van der Waals surface area (Å²) >= 11 is 0. The molecule has 0 aromatic carbocycles. The van der Waals surface area contributed by atoms with Gasteiger partial charge in [0.2, 0.25) is 0 Å². The number of aliphatic hydroxyl groups excluding tert-OH is 1. The Kier molecular flexibility index (Phi) is 19.1. The van der Waals surface area contributed by atoms with E-state index in [4.69, 9.17) is 14.2 Å². The lowest BCUT2D eigenvalue weighted by molar-refractivity contribution is -0.160. The monoisotopic (exact) mass is 630 g/mol. The summed E-state index contributed by atoms with van der Waals surface area (Å²) in [6.45, 7) is 11.9. The van der Waals surface area contributed by atoms with Gasteiger partial charge < -0.3 is 19.3 Å². The second kappa shape index (κ2) is 22.2. The van der Waals surface area contributed by atoms with Crippen molar-refractivity contribution in [3.05, 3.63) is 35.5 Å². The Hall–Kier alpha value is -2.41. The molecule has 0 aromatic heterocycles. The van der Waals surface area contributed by atoms with E-state index in [0.717, 1.165) is 37.7 Å². The van der Waals surface area contributed by atoms with Gasteiger partial charge in [0, 0.05) is 17.9 Å². The van der Waals surface area contributed by atoms with Crippen LogP contribution in [0.4, 0.5) is 0 Å². The maximum atomic E-state index is 13.0. The molecule has 1 aliphatic carbocycles. The SMILES string of the molecule is C=C1C(=O)OC2C=C(C)CCC=C(C)C(O)C(OC(=O)CC(C)COC(=O)CCCCCCCCCCCCCCCCC)C12. The van der Waals surface area contributed by atoms with Crippen LogP contribution in [-0.2, 0) is 28.6 Å². The van der Waals surface area contributed by atoms with E-state index in [1.165, 1.54) is 77.0 Å². The highest BCUT2D eigenvalue weighted by atomic mass is 16.6. The minimum Gasteiger partial charge on any atom is -0.465 e. The number of hydrogen-bond acceptors (Lipinski definition) is 7. The van der Waals surface area contributed by atoms with Gasteiger partial charge in [0.15, 0.2) is 0 Å². The molecular weight excluding hydrogens is 568 g/mol. The predicted octanol–water partition coefficient (Wildman–Crippen LogP) is 8.87. The molecule has 2 aliphatic rings. The summed E-state index contributed by atoms with van der Waals surface area (Å²) in [5.41, 5.74) is 1.92. The molecule has 5 unspecified atom stereocenters. The number of carbonyl (C=O) groups is 3. The molecule has 0 radical (unpaired) electrons. The topological polar surface area (TPSA) is 99.1 Å². The van der Waals surface area contributed by atoms with Crippen LogP contribution in [0.25, 0.3) is 0 Å². The van der Waals surface area contributed by atoms with Gasteiger partial charge >= 0.3 is 17.9 Å². The van der Waals surface area contributed by atoms with Crippen LogP contribution >= 0.6 is 0 Å². The van der Waals surface area contributed by atoms with Gasteiger partial charge in [-0.25, -0.2) is 4.79 Å². The highest BCUT2D eigenvalue weighted by Crippen LogP contribution is 2.36. The molecule has 1 fully saturated rings.